The summed E-state index contributed by atoms with van der Waals surface area (Å²) < 4.78 is 5.18. The molecule has 2 heterocycles. The van der Waals surface area contributed by atoms with Gasteiger partial charge < -0.3 is 4.57 Å². The Labute approximate surface area is 261 Å². The standard InChI is InChI=1S/C40H33N3S/c1-26-15-22-36-35(23-26)33-20-21-34-32-13-6-7-14-37(32)44-39(34)38(33)43(36)31-18-16-27(17-19-31)25-42-40(41-2)30-12-8-11-29(24-30)28-9-4-3-5-10-28/h3-22,24-26,40-41H,23H2,1-2H3/b42-25+. The molecule has 3 nitrogen and oxygen atoms in total. The highest BCUT2D eigenvalue weighted by Crippen LogP contribution is 2.43. The summed E-state index contributed by atoms with van der Waals surface area (Å²) >= 11 is 1.91. The molecule has 0 amide bonds. The van der Waals surface area contributed by atoms with Crippen LogP contribution in [0, 0.1) is 5.92 Å². The van der Waals surface area contributed by atoms with E-state index in [1.165, 1.54) is 59.1 Å². The van der Waals surface area contributed by atoms with E-state index in [-0.39, 0.29) is 6.17 Å². The van der Waals surface area contributed by atoms with Gasteiger partial charge in [-0.3, -0.25) is 10.3 Å². The lowest BCUT2D eigenvalue weighted by Gasteiger charge is -2.16. The Morgan fingerprint density at radius 2 is 1.59 bits per heavy atom. The Bertz CT molecular complexity index is 2200. The first kappa shape index (κ1) is 26.8. The number of rotatable bonds is 6. The van der Waals surface area contributed by atoms with Gasteiger partial charge in [-0.2, -0.15) is 0 Å². The molecule has 1 N–H and O–H groups in total. The number of aromatic nitrogens is 1. The minimum Gasteiger partial charge on any atom is -0.308 e. The predicted molar refractivity (Wildman–Crippen MR) is 189 cm³/mol. The Kier molecular flexibility index (Phi) is 6.74. The molecule has 0 spiro atoms. The van der Waals surface area contributed by atoms with Crippen LogP contribution in [0.4, 0.5) is 0 Å². The van der Waals surface area contributed by atoms with E-state index in [4.69, 9.17) is 4.99 Å². The summed E-state index contributed by atoms with van der Waals surface area (Å²) in [5.74, 6) is 0.534. The van der Waals surface area contributed by atoms with Crippen molar-refractivity contribution in [1.29, 1.82) is 0 Å². The molecule has 4 heteroatoms. The lowest BCUT2D eigenvalue weighted by atomic mass is 9.93. The third kappa shape index (κ3) is 4.59. The van der Waals surface area contributed by atoms with E-state index in [2.05, 4.69) is 144 Å². The van der Waals surface area contributed by atoms with Crippen molar-refractivity contribution in [3.05, 3.63) is 144 Å². The van der Waals surface area contributed by atoms with Gasteiger partial charge in [0.1, 0.15) is 6.17 Å². The first-order valence-corrected chi connectivity index (χ1v) is 16.1. The number of nitrogens with zero attached hydrogens (tertiary/aromatic N) is 2. The van der Waals surface area contributed by atoms with Crippen LogP contribution in [0.15, 0.2) is 126 Å². The average molecular weight is 588 g/mol. The minimum atomic E-state index is -0.132. The predicted octanol–water partition coefficient (Wildman–Crippen LogP) is 10.2. The summed E-state index contributed by atoms with van der Waals surface area (Å²) in [5, 5.41) is 7.42. The summed E-state index contributed by atoms with van der Waals surface area (Å²) in [5.41, 5.74) is 9.88. The lowest BCUT2D eigenvalue weighted by molar-refractivity contribution is 0.628. The zero-order valence-electron chi connectivity index (χ0n) is 24.9. The lowest BCUT2D eigenvalue weighted by Crippen LogP contribution is -2.14. The number of hydrogen-bond acceptors (Lipinski definition) is 3. The van der Waals surface area contributed by atoms with Crippen molar-refractivity contribution in [2.24, 2.45) is 10.9 Å². The Hall–Kier alpha value is -4.77. The van der Waals surface area contributed by atoms with Gasteiger partial charge in [-0.15, -0.1) is 11.3 Å². The summed E-state index contributed by atoms with van der Waals surface area (Å²) in [7, 11) is 1.96. The normalized spacial score (nSPS) is 15.5. The fourth-order valence-corrected chi connectivity index (χ4v) is 7.89. The first-order valence-electron chi connectivity index (χ1n) is 15.3. The van der Waals surface area contributed by atoms with Crippen molar-refractivity contribution in [2.75, 3.05) is 7.05 Å². The molecule has 5 aromatic carbocycles. The number of benzene rings is 5. The highest BCUT2D eigenvalue weighted by molar-refractivity contribution is 7.26. The topological polar surface area (TPSA) is 29.3 Å². The summed E-state index contributed by atoms with van der Waals surface area (Å²) in [6.45, 7) is 2.31. The van der Waals surface area contributed by atoms with Crippen molar-refractivity contribution >= 4 is 54.7 Å². The van der Waals surface area contributed by atoms with Crippen LogP contribution in [0.1, 0.15) is 35.5 Å². The van der Waals surface area contributed by atoms with Crippen molar-refractivity contribution in [3.63, 3.8) is 0 Å². The molecule has 0 radical (unpaired) electrons. The maximum Gasteiger partial charge on any atom is 0.125 e. The molecule has 2 unspecified atom stereocenters. The number of thiophene rings is 1. The third-order valence-electron chi connectivity index (χ3n) is 8.84. The quantitative estimate of drug-likeness (QED) is 0.193. The molecule has 0 saturated carbocycles. The van der Waals surface area contributed by atoms with Crippen LogP contribution >= 0.6 is 11.3 Å². The molecule has 1 aliphatic rings. The number of fused-ring (bicyclic) bond motifs is 7. The van der Waals surface area contributed by atoms with Gasteiger partial charge in [-0.05, 0) is 77.5 Å². The van der Waals surface area contributed by atoms with Crippen LogP contribution < -0.4 is 5.32 Å². The van der Waals surface area contributed by atoms with E-state index in [0.29, 0.717) is 5.92 Å². The molecule has 0 fully saturated rings. The molecule has 0 aliphatic heterocycles. The molecule has 214 valence electrons. The van der Waals surface area contributed by atoms with Gasteiger partial charge in [0.2, 0.25) is 0 Å². The van der Waals surface area contributed by atoms with Crippen LogP contribution in [0.2, 0.25) is 0 Å². The van der Waals surface area contributed by atoms with E-state index in [9.17, 15) is 0 Å². The van der Waals surface area contributed by atoms with E-state index >= 15 is 0 Å². The second-order valence-corrected chi connectivity index (χ2v) is 12.8. The highest BCUT2D eigenvalue weighted by Gasteiger charge is 2.23. The van der Waals surface area contributed by atoms with Gasteiger partial charge in [-0.25, -0.2) is 0 Å². The Morgan fingerprint density at radius 1 is 0.818 bits per heavy atom. The van der Waals surface area contributed by atoms with Crippen molar-refractivity contribution in [2.45, 2.75) is 19.5 Å². The van der Waals surface area contributed by atoms with Crippen molar-refractivity contribution in [1.82, 2.24) is 9.88 Å². The zero-order valence-corrected chi connectivity index (χ0v) is 25.7. The smallest absolute Gasteiger partial charge is 0.125 e. The second kappa shape index (κ2) is 11.1. The zero-order chi connectivity index (χ0) is 29.6. The molecule has 7 aromatic rings. The van der Waals surface area contributed by atoms with Gasteiger partial charge in [0.05, 0.1) is 10.2 Å². The molecule has 8 rings (SSSR count). The van der Waals surface area contributed by atoms with Gasteiger partial charge in [0, 0.05) is 38.5 Å². The maximum absolute atomic E-state index is 4.95. The Morgan fingerprint density at radius 3 is 2.43 bits per heavy atom. The molecule has 2 aromatic heterocycles. The van der Waals surface area contributed by atoms with Crippen LogP contribution in [0.25, 0.3) is 54.0 Å². The largest absolute Gasteiger partial charge is 0.308 e. The van der Waals surface area contributed by atoms with Crippen LogP contribution in [-0.4, -0.2) is 17.8 Å². The van der Waals surface area contributed by atoms with Gasteiger partial charge in [-0.1, -0.05) is 104 Å². The fourth-order valence-electron chi connectivity index (χ4n) is 6.65. The van der Waals surface area contributed by atoms with E-state index in [1.807, 2.05) is 24.6 Å². The van der Waals surface area contributed by atoms with Crippen molar-refractivity contribution in [3.8, 4) is 16.8 Å². The maximum atomic E-state index is 4.95. The number of allylic oxidation sites excluding steroid dienone is 1. The van der Waals surface area contributed by atoms with E-state index < -0.39 is 0 Å². The molecular weight excluding hydrogens is 555 g/mol. The van der Waals surface area contributed by atoms with Gasteiger partial charge in [0.25, 0.3) is 0 Å². The van der Waals surface area contributed by atoms with Gasteiger partial charge >= 0.3 is 0 Å². The fraction of sp³-hybridized carbons (Fsp3) is 0.125. The summed E-state index contributed by atoms with van der Waals surface area (Å²) in [6.07, 6.45) is 7.60. The minimum absolute atomic E-state index is 0.132. The molecule has 44 heavy (non-hydrogen) atoms. The average Bonchev–Trinajstić information content (AvgIpc) is 3.61. The third-order valence-corrected chi connectivity index (χ3v) is 10.0. The van der Waals surface area contributed by atoms with Crippen molar-refractivity contribution < 1.29 is 0 Å². The van der Waals surface area contributed by atoms with E-state index in [1.54, 1.807) is 0 Å². The number of nitrogens with one attached hydrogen (secondary N) is 1. The highest BCUT2D eigenvalue weighted by atomic mass is 32.1. The summed E-state index contributed by atoms with van der Waals surface area (Å²) in [6, 6.07) is 41.4. The SMILES string of the molecule is CNC(/N=C/c1ccc(-n2c3c(c4ccc5c6ccccc6sc5c42)CC(C)C=C3)cc1)c1cccc(-c2ccccc2)c1. The monoisotopic (exact) mass is 587 g/mol. The molecule has 2 atom stereocenters. The molecule has 0 saturated heterocycles. The van der Waals surface area contributed by atoms with Crippen LogP contribution in [0.3, 0.4) is 0 Å². The molecular formula is C40H33N3S. The van der Waals surface area contributed by atoms with Crippen LogP contribution in [0.5, 0.6) is 0 Å². The second-order valence-electron chi connectivity index (χ2n) is 11.7. The molecule has 0 bridgehead atoms. The summed E-state index contributed by atoms with van der Waals surface area (Å²) in [4.78, 5) is 4.95. The molecule has 1 aliphatic carbocycles. The number of aliphatic imine (C=N–C) groups is 1. The van der Waals surface area contributed by atoms with Crippen LogP contribution in [-0.2, 0) is 6.42 Å². The Balaban J connectivity index is 1.17. The first-order chi connectivity index (χ1) is 21.7. The number of hydrogen-bond donors (Lipinski definition) is 1. The van der Waals surface area contributed by atoms with E-state index in [0.717, 1.165) is 17.5 Å². The van der Waals surface area contributed by atoms with Gasteiger partial charge in [0.15, 0.2) is 0 Å².